The molecule has 0 bridgehead atoms. The minimum atomic E-state index is 0. The summed E-state index contributed by atoms with van der Waals surface area (Å²) in [6, 6.07) is 0. The molecule has 0 aromatic carbocycles. The Morgan fingerprint density at radius 1 is 1.08 bits per heavy atom. The summed E-state index contributed by atoms with van der Waals surface area (Å²) in [5, 5.41) is 0. The van der Waals surface area contributed by atoms with Crippen LogP contribution in [0.3, 0.4) is 0 Å². The molecule has 0 saturated carbocycles. The van der Waals surface area contributed by atoms with Crippen LogP contribution in [0.5, 0.6) is 0 Å². The van der Waals surface area contributed by atoms with Gasteiger partial charge in [0, 0.05) is 12.4 Å². The molecule has 1 rings (SSSR count). The molecule has 3 heteroatoms. The van der Waals surface area contributed by atoms with Gasteiger partial charge in [0.25, 0.3) is 0 Å². The van der Waals surface area contributed by atoms with Crippen molar-refractivity contribution in [3.05, 3.63) is 12.4 Å². The average Bonchev–Trinajstić information content (AvgIpc) is 2.38. The summed E-state index contributed by atoms with van der Waals surface area (Å²) in [6.07, 6.45) is 14.2. The van der Waals surface area contributed by atoms with Crippen LogP contribution < -0.4 is 0 Å². The van der Waals surface area contributed by atoms with E-state index < -0.39 is 0 Å². The molecule has 0 spiro atoms. The van der Waals surface area contributed by atoms with Crippen molar-refractivity contribution in [1.82, 2.24) is 9.80 Å². The second-order valence-corrected chi connectivity index (χ2v) is 2.34. The van der Waals surface area contributed by atoms with Gasteiger partial charge >= 0.3 is 0 Å². The summed E-state index contributed by atoms with van der Waals surface area (Å²) in [4.78, 5) is 4.05. The Morgan fingerprint density at radius 3 is 1.83 bits per heavy atom. The summed E-state index contributed by atoms with van der Waals surface area (Å²) in [5.41, 5.74) is 0. The third kappa shape index (κ3) is 2.90. The lowest BCUT2D eigenvalue weighted by Gasteiger charge is -2.16. The molecule has 0 saturated heterocycles. The van der Waals surface area contributed by atoms with Crippen LogP contribution in [0.1, 0.15) is 0 Å². The van der Waals surface area contributed by atoms with Crippen molar-refractivity contribution in [2.24, 2.45) is 0 Å². The van der Waals surface area contributed by atoms with Crippen LogP contribution >= 0.6 is 17.0 Å². The molecule has 0 unspecified atom stereocenters. The van der Waals surface area contributed by atoms with Crippen LogP contribution in [0.15, 0.2) is 12.4 Å². The monoisotopic (exact) mass is 226 g/mol. The standard InChI is InChI=1S/C9H10N2.BrH/c1-3-5-10-7-8-11(9-10)6-4-2;/h1-2,7-8H,5-6,9H2;1H. The fraction of sp³-hybridized carbons (Fsp3) is 0.333. The smallest absolute Gasteiger partial charge is 0.0911 e. The van der Waals surface area contributed by atoms with Crippen LogP contribution in [0.2, 0.25) is 0 Å². The van der Waals surface area contributed by atoms with Crippen molar-refractivity contribution in [2.75, 3.05) is 19.8 Å². The van der Waals surface area contributed by atoms with E-state index in [4.69, 9.17) is 12.8 Å². The largest absolute Gasteiger partial charge is 0.348 e. The summed E-state index contributed by atoms with van der Waals surface area (Å²) in [6.45, 7) is 2.11. The summed E-state index contributed by atoms with van der Waals surface area (Å²) < 4.78 is 0. The first-order valence-corrected chi connectivity index (χ1v) is 3.40. The minimum absolute atomic E-state index is 0. The second kappa shape index (κ2) is 5.57. The lowest BCUT2D eigenvalue weighted by atomic mass is 10.6. The van der Waals surface area contributed by atoms with Crippen LogP contribution in [-0.4, -0.2) is 29.6 Å². The first-order valence-electron chi connectivity index (χ1n) is 3.40. The predicted molar refractivity (Wildman–Crippen MR) is 55.4 cm³/mol. The lowest BCUT2D eigenvalue weighted by Crippen LogP contribution is -2.25. The van der Waals surface area contributed by atoms with Gasteiger partial charge < -0.3 is 9.80 Å². The third-order valence-corrected chi connectivity index (χ3v) is 1.44. The second-order valence-electron chi connectivity index (χ2n) is 2.34. The highest BCUT2D eigenvalue weighted by atomic mass is 79.9. The van der Waals surface area contributed by atoms with E-state index in [-0.39, 0.29) is 17.0 Å². The summed E-state index contributed by atoms with van der Waals surface area (Å²) >= 11 is 0. The molecule has 0 N–H and O–H groups in total. The molecule has 0 aromatic rings. The zero-order valence-electron chi connectivity index (χ0n) is 6.73. The predicted octanol–water partition coefficient (Wildman–Crippen LogP) is 0.877. The van der Waals surface area contributed by atoms with E-state index >= 15 is 0 Å². The van der Waals surface area contributed by atoms with Crippen molar-refractivity contribution >= 4 is 17.0 Å². The molecule has 0 aromatic heterocycles. The Kier molecular flexibility index (Phi) is 5.08. The van der Waals surface area contributed by atoms with E-state index in [0.29, 0.717) is 13.1 Å². The van der Waals surface area contributed by atoms with Gasteiger partial charge in [-0.3, -0.25) is 0 Å². The molecular formula is C9H11BrN2. The number of halogens is 1. The number of hydrogen-bond acceptors (Lipinski definition) is 2. The van der Waals surface area contributed by atoms with Crippen LogP contribution in [0, 0.1) is 24.7 Å². The van der Waals surface area contributed by atoms with Gasteiger partial charge in [0.05, 0.1) is 19.8 Å². The molecule has 2 nitrogen and oxygen atoms in total. The quantitative estimate of drug-likeness (QED) is 0.646. The topological polar surface area (TPSA) is 6.48 Å². The first-order chi connectivity index (χ1) is 5.36. The molecule has 1 aliphatic rings. The Bertz CT molecular complexity index is 210. The number of terminal acetylenes is 2. The SMILES string of the molecule is Br.C#CCN1C=CN(CC#C)C1. The van der Waals surface area contributed by atoms with E-state index in [2.05, 4.69) is 11.8 Å². The molecule has 0 atom stereocenters. The minimum Gasteiger partial charge on any atom is -0.348 e. The normalized spacial score (nSPS) is 13.5. The molecule has 64 valence electrons. The molecule has 0 aliphatic carbocycles. The van der Waals surface area contributed by atoms with Gasteiger partial charge in [0.1, 0.15) is 0 Å². The lowest BCUT2D eigenvalue weighted by molar-refractivity contribution is 0.305. The van der Waals surface area contributed by atoms with Crippen molar-refractivity contribution < 1.29 is 0 Å². The van der Waals surface area contributed by atoms with Crippen molar-refractivity contribution in [3.8, 4) is 24.7 Å². The Hall–Kier alpha value is -1.06. The molecule has 0 radical (unpaired) electrons. The summed E-state index contributed by atoms with van der Waals surface area (Å²) in [7, 11) is 0. The van der Waals surface area contributed by atoms with Crippen LogP contribution in [-0.2, 0) is 0 Å². The van der Waals surface area contributed by atoms with E-state index in [1.54, 1.807) is 0 Å². The molecule has 1 aliphatic heterocycles. The molecule has 12 heavy (non-hydrogen) atoms. The third-order valence-electron chi connectivity index (χ3n) is 1.44. The maximum atomic E-state index is 5.14. The average molecular weight is 227 g/mol. The number of hydrogen-bond donors (Lipinski definition) is 0. The fourth-order valence-corrected chi connectivity index (χ4v) is 0.956. The zero-order valence-corrected chi connectivity index (χ0v) is 8.45. The van der Waals surface area contributed by atoms with Gasteiger partial charge in [-0.1, -0.05) is 11.8 Å². The zero-order chi connectivity index (χ0) is 8.10. The summed E-state index contributed by atoms with van der Waals surface area (Å²) in [5.74, 6) is 5.14. The Morgan fingerprint density at radius 2 is 1.50 bits per heavy atom. The molecule has 0 fully saturated rings. The van der Waals surface area contributed by atoms with Gasteiger partial charge in [-0.15, -0.1) is 29.8 Å². The van der Waals surface area contributed by atoms with Crippen molar-refractivity contribution in [3.63, 3.8) is 0 Å². The number of rotatable bonds is 2. The van der Waals surface area contributed by atoms with Gasteiger partial charge in [0.15, 0.2) is 0 Å². The first kappa shape index (κ1) is 10.9. The van der Waals surface area contributed by atoms with E-state index in [0.717, 1.165) is 6.67 Å². The van der Waals surface area contributed by atoms with Crippen molar-refractivity contribution in [1.29, 1.82) is 0 Å². The van der Waals surface area contributed by atoms with Crippen LogP contribution in [0.4, 0.5) is 0 Å². The highest BCUT2D eigenvalue weighted by Crippen LogP contribution is 2.03. The van der Waals surface area contributed by atoms with Gasteiger partial charge in [-0.2, -0.15) is 0 Å². The van der Waals surface area contributed by atoms with Gasteiger partial charge in [0.2, 0.25) is 0 Å². The molecular weight excluding hydrogens is 216 g/mol. The Labute approximate surface area is 84.0 Å². The fourth-order valence-electron chi connectivity index (χ4n) is 0.956. The van der Waals surface area contributed by atoms with E-state index in [1.165, 1.54) is 0 Å². The maximum absolute atomic E-state index is 5.14. The highest BCUT2D eigenvalue weighted by molar-refractivity contribution is 8.93. The number of nitrogens with zero attached hydrogens (tertiary/aromatic N) is 2. The molecule has 0 amide bonds. The Balaban J connectivity index is 0.00000121. The maximum Gasteiger partial charge on any atom is 0.0911 e. The van der Waals surface area contributed by atoms with Crippen molar-refractivity contribution in [2.45, 2.75) is 0 Å². The van der Waals surface area contributed by atoms with Crippen LogP contribution in [0.25, 0.3) is 0 Å². The van der Waals surface area contributed by atoms with E-state index in [9.17, 15) is 0 Å². The van der Waals surface area contributed by atoms with Gasteiger partial charge in [-0.05, 0) is 0 Å². The highest BCUT2D eigenvalue weighted by Gasteiger charge is 2.08. The van der Waals surface area contributed by atoms with Gasteiger partial charge in [-0.25, -0.2) is 0 Å². The molecule has 1 heterocycles. The van der Waals surface area contributed by atoms with E-state index in [1.807, 2.05) is 22.2 Å².